The van der Waals surface area contributed by atoms with Crippen molar-refractivity contribution in [1.82, 2.24) is 9.55 Å². The van der Waals surface area contributed by atoms with E-state index < -0.39 is 65.5 Å². The van der Waals surface area contributed by atoms with Gasteiger partial charge in [0, 0.05) is 25.1 Å². The zero-order chi connectivity index (χ0) is 23.2. The fourth-order valence-electron chi connectivity index (χ4n) is 3.18. The van der Waals surface area contributed by atoms with Crippen LogP contribution in [-0.2, 0) is 36.3 Å². The van der Waals surface area contributed by atoms with E-state index in [9.17, 15) is 38.2 Å². The second kappa shape index (κ2) is 8.39. The van der Waals surface area contributed by atoms with Crippen molar-refractivity contribution in [2.75, 3.05) is 6.61 Å². The largest absolute Gasteiger partial charge is 0.490 e. The third-order valence-corrected chi connectivity index (χ3v) is 7.96. The number of hydrogen-bond acceptors (Lipinski definition) is 11. The molecule has 20 heteroatoms. The van der Waals surface area contributed by atoms with Gasteiger partial charge in [-0.2, -0.15) is 8.62 Å². The summed E-state index contributed by atoms with van der Waals surface area (Å²) >= 11 is 0. The Bertz CT molecular complexity index is 1090. The van der Waals surface area contributed by atoms with E-state index in [0.29, 0.717) is 0 Å². The molecule has 2 bridgehead atoms. The minimum Gasteiger partial charge on any atom is -0.368 e. The van der Waals surface area contributed by atoms with Crippen molar-refractivity contribution < 1.29 is 61.0 Å². The van der Waals surface area contributed by atoms with Crippen LogP contribution < -0.4 is 11.2 Å². The molecule has 0 spiro atoms. The van der Waals surface area contributed by atoms with E-state index in [1.165, 1.54) is 0 Å². The second-order valence-corrected chi connectivity index (χ2v) is 11.0. The van der Waals surface area contributed by atoms with Gasteiger partial charge < -0.3 is 34.2 Å². The lowest BCUT2D eigenvalue weighted by molar-refractivity contribution is -0.176. The summed E-state index contributed by atoms with van der Waals surface area (Å²) in [5, 5.41) is 9.92. The lowest BCUT2D eigenvalue weighted by Gasteiger charge is -2.33. The molecule has 2 aliphatic heterocycles. The Morgan fingerprint density at radius 3 is 2.42 bits per heavy atom. The number of phosphoric ester groups is 1. The van der Waals surface area contributed by atoms with Gasteiger partial charge in [0.05, 0.1) is 6.61 Å². The van der Waals surface area contributed by atoms with Crippen molar-refractivity contribution in [3.05, 3.63) is 33.1 Å². The average Bonchev–Trinajstić information content (AvgIpc) is 2.81. The van der Waals surface area contributed by atoms with Gasteiger partial charge in [-0.3, -0.25) is 18.9 Å². The first-order valence-electron chi connectivity index (χ1n) is 8.20. The minimum atomic E-state index is -5.70. The molecule has 6 N–H and O–H groups in total. The van der Waals surface area contributed by atoms with Crippen LogP contribution in [0.3, 0.4) is 0 Å². The van der Waals surface area contributed by atoms with Gasteiger partial charge in [-0.15, -0.1) is 0 Å². The molecule has 3 heterocycles. The predicted octanol–water partition coefficient (Wildman–Crippen LogP) is -1.36. The highest BCUT2D eigenvalue weighted by molar-refractivity contribution is 7.66. The molecule has 0 radical (unpaired) electrons. The van der Waals surface area contributed by atoms with E-state index >= 15 is 0 Å². The number of nitrogens with one attached hydrogen (secondary N) is 1. The van der Waals surface area contributed by atoms with E-state index in [4.69, 9.17) is 19.3 Å². The van der Waals surface area contributed by atoms with Crippen LogP contribution in [0.5, 0.6) is 0 Å². The highest BCUT2D eigenvalue weighted by Crippen LogP contribution is 2.66. The molecule has 3 rings (SSSR count). The van der Waals surface area contributed by atoms with Gasteiger partial charge in [0.2, 0.25) is 0 Å². The molecule has 176 valence electrons. The summed E-state index contributed by atoms with van der Waals surface area (Å²) in [5.41, 5.74) is -3.06. The highest BCUT2D eigenvalue weighted by Gasteiger charge is 2.55. The lowest BCUT2D eigenvalue weighted by Crippen LogP contribution is -2.42. The van der Waals surface area contributed by atoms with Crippen LogP contribution in [0.25, 0.3) is 0 Å². The highest BCUT2D eigenvalue weighted by atomic mass is 31.3. The fraction of sp³-hybridized carbons (Fsp3) is 0.636. The Labute approximate surface area is 171 Å². The van der Waals surface area contributed by atoms with Crippen LogP contribution in [0.15, 0.2) is 21.9 Å². The number of hydrogen-bond donors (Lipinski definition) is 6. The van der Waals surface area contributed by atoms with Gasteiger partial charge in [-0.25, -0.2) is 18.5 Å². The Morgan fingerprint density at radius 2 is 1.81 bits per heavy atom. The van der Waals surface area contributed by atoms with Crippen molar-refractivity contribution >= 4 is 23.5 Å². The first-order valence-corrected chi connectivity index (χ1v) is 12.7. The van der Waals surface area contributed by atoms with Crippen LogP contribution in [0.2, 0.25) is 0 Å². The topological polar surface area (TPSA) is 253 Å². The smallest absolute Gasteiger partial charge is 0.368 e. The van der Waals surface area contributed by atoms with Crippen LogP contribution in [0.1, 0.15) is 19.1 Å². The first-order chi connectivity index (χ1) is 14.1. The number of nitrogens with zero attached hydrogens (tertiary/aromatic N) is 1. The molecule has 0 aliphatic carbocycles. The zero-order valence-electron chi connectivity index (χ0n) is 15.1. The third kappa shape index (κ3) is 6.27. The summed E-state index contributed by atoms with van der Waals surface area (Å²) in [6.07, 6.45) is -2.84. The maximum absolute atomic E-state index is 12.0. The molecule has 1 aromatic rings. The van der Waals surface area contributed by atoms with Gasteiger partial charge in [0.15, 0.2) is 12.5 Å². The molecule has 0 aromatic carbocycles. The van der Waals surface area contributed by atoms with Gasteiger partial charge in [0.1, 0.15) is 11.7 Å². The summed E-state index contributed by atoms with van der Waals surface area (Å²) in [6.45, 7) is -0.831. The number of H-pyrrole nitrogens is 1. The standard InChI is InChI=1S/C11H17N2O15P3/c14-7-1-2-13(10(16)12-7)9-6-3-11(26-9,4-8(15)25-6)5-24-30(20,21)28-31(22,23)27-29(17,18)19/h1-2,6,8-9,15H,3-5H2,(H,20,21)(H,22,23)(H,12,14,16)(H2,17,18,19)/t6-,8-,9-,11-/m1/s1. The Hall–Kier alpha value is -1.03. The van der Waals surface area contributed by atoms with E-state index in [1.807, 2.05) is 4.98 Å². The monoisotopic (exact) mass is 510 g/mol. The number of phosphoric acid groups is 3. The molecule has 2 saturated heterocycles. The maximum Gasteiger partial charge on any atom is 0.490 e. The van der Waals surface area contributed by atoms with Crippen molar-refractivity contribution in [3.63, 3.8) is 0 Å². The lowest BCUT2D eigenvalue weighted by atomic mass is 9.93. The molecular formula is C11H17N2O15P3. The number of aromatic nitrogens is 2. The molecule has 31 heavy (non-hydrogen) atoms. The summed E-state index contributed by atoms with van der Waals surface area (Å²) in [6, 6.07) is 1.03. The molecule has 0 saturated carbocycles. The van der Waals surface area contributed by atoms with Crippen LogP contribution in [0.4, 0.5) is 0 Å². The number of aromatic amines is 1. The molecule has 17 nitrogen and oxygen atoms in total. The molecule has 6 atom stereocenters. The van der Waals surface area contributed by atoms with Gasteiger partial charge in [-0.1, -0.05) is 0 Å². The van der Waals surface area contributed by atoms with Gasteiger partial charge in [-0.05, 0) is 0 Å². The predicted molar refractivity (Wildman–Crippen MR) is 94.1 cm³/mol. The number of aliphatic hydroxyl groups is 1. The number of aliphatic hydroxyl groups excluding tert-OH is 1. The van der Waals surface area contributed by atoms with Crippen LogP contribution in [0, 0.1) is 0 Å². The molecular weight excluding hydrogens is 493 g/mol. The van der Waals surface area contributed by atoms with Gasteiger partial charge in [0.25, 0.3) is 5.56 Å². The summed E-state index contributed by atoms with van der Waals surface area (Å²) < 4.78 is 57.8. The van der Waals surface area contributed by atoms with Crippen LogP contribution in [-0.4, -0.2) is 58.8 Å². The number of fused-ring (bicyclic) bond motifs is 2. The second-order valence-electron chi connectivity index (χ2n) is 6.61. The maximum atomic E-state index is 12.0. The van der Waals surface area contributed by atoms with E-state index in [-0.39, 0.29) is 12.8 Å². The summed E-state index contributed by atoms with van der Waals surface area (Å²) in [4.78, 5) is 61.1. The number of rotatable bonds is 8. The first kappa shape index (κ1) is 24.6. The Balaban J connectivity index is 1.75. The Morgan fingerprint density at radius 1 is 1.13 bits per heavy atom. The fourth-order valence-corrected chi connectivity index (χ4v) is 6.27. The van der Waals surface area contributed by atoms with Gasteiger partial charge >= 0.3 is 29.2 Å². The van der Waals surface area contributed by atoms with E-state index in [0.717, 1.165) is 16.8 Å². The summed E-state index contributed by atoms with van der Waals surface area (Å²) in [7, 11) is -16.7. The average molecular weight is 510 g/mol. The van der Waals surface area contributed by atoms with E-state index in [2.05, 4.69) is 13.1 Å². The molecule has 1 aromatic heterocycles. The van der Waals surface area contributed by atoms with E-state index in [1.54, 1.807) is 0 Å². The van der Waals surface area contributed by atoms with Crippen LogP contribution >= 0.6 is 23.5 Å². The van der Waals surface area contributed by atoms with Crippen molar-refractivity contribution in [3.8, 4) is 0 Å². The van der Waals surface area contributed by atoms with Crippen molar-refractivity contribution in [1.29, 1.82) is 0 Å². The molecule has 2 aliphatic rings. The number of ether oxygens (including phenoxy) is 2. The summed E-state index contributed by atoms with van der Waals surface area (Å²) in [5.74, 6) is 0. The zero-order valence-corrected chi connectivity index (χ0v) is 17.8. The molecule has 2 unspecified atom stereocenters. The Kier molecular flexibility index (Phi) is 6.66. The normalized spacial score (nSPS) is 32.4. The minimum absolute atomic E-state index is 0.0734. The van der Waals surface area contributed by atoms with Crippen molar-refractivity contribution in [2.24, 2.45) is 0 Å². The SMILES string of the molecule is O=c1ccn([C@@H]2O[C@@]3(COP(=O)(O)OP(=O)(O)OP(=O)(O)O)C[C@H](O)O[C@@H]2C3)c(=O)[nH]1. The quantitative estimate of drug-likeness (QED) is 0.221. The molecule has 0 amide bonds. The van der Waals surface area contributed by atoms with Crippen molar-refractivity contribution in [2.45, 2.75) is 37.1 Å². The molecule has 2 fully saturated rings. The third-order valence-electron chi connectivity index (χ3n) is 4.17.